The minimum Gasteiger partial charge on any atom is -0.460 e. The number of rotatable bonds is 8. The van der Waals surface area contributed by atoms with Crippen LogP contribution in [0, 0.1) is 0 Å². The largest absolute Gasteiger partial charge is 0.460 e. The van der Waals surface area contributed by atoms with Crippen LogP contribution in [0.5, 0.6) is 0 Å². The molecule has 0 aliphatic carbocycles. The molecule has 0 saturated heterocycles. The SMILES string of the molecule is C=C(C)C(=O)OCCOCCCC[O]. The van der Waals surface area contributed by atoms with Gasteiger partial charge in [0.1, 0.15) is 6.61 Å². The first-order chi connectivity index (χ1) is 6.68. The van der Waals surface area contributed by atoms with Gasteiger partial charge in [0, 0.05) is 12.2 Å². The molecule has 1 radical (unpaired) electrons. The minimum absolute atomic E-state index is 0.0615. The van der Waals surface area contributed by atoms with E-state index >= 15 is 0 Å². The fourth-order valence-corrected chi connectivity index (χ4v) is 0.725. The molecule has 0 aromatic carbocycles. The van der Waals surface area contributed by atoms with Crippen LogP contribution in [0.1, 0.15) is 19.8 Å². The van der Waals surface area contributed by atoms with Crippen molar-refractivity contribution in [2.45, 2.75) is 19.8 Å². The molecule has 0 saturated carbocycles. The molecule has 0 fully saturated rings. The van der Waals surface area contributed by atoms with Gasteiger partial charge in [-0.3, -0.25) is 0 Å². The molecule has 0 unspecified atom stereocenters. The summed E-state index contributed by atoms with van der Waals surface area (Å²) in [7, 11) is 0. The topological polar surface area (TPSA) is 55.4 Å². The maximum atomic E-state index is 10.9. The van der Waals surface area contributed by atoms with Crippen LogP contribution in [0.4, 0.5) is 0 Å². The van der Waals surface area contributed by atoms with E-state index in [0.717, 1.165) is 6.42 Å². The summed E-state index contributed by atoms with van der Waals surface area (Å²) in [5.41, 5.74) is 0.386. The number of esters is 1. The summed E-state index contributed by atoms with van der Waals surface area (Å²) in [5, 5.41) is 10.0. The average Bonchev–Trinajstić information content (AvgIpc) is 2.16. The molecule has 0 heterocycles. The maximum Gasteiger partial charge on any atom is 0.333 e. The van der Waals surface area contributed by atoms with Crippen molar-refractivity contribution in [2.24, 2.45) is 0 Å². The monoisotopic (exact) mass is 201 g/mol. The third-order valence-electron chi connectivity index (χ3n) is 1.49. The van der Waals surface area contributed by atoms with E-state index < -0.39 is 5.97 Å². The van der Waals surface area contributed by atoms with Gasteiger partial charge in [-0.15, -0.1) is 0 Å². The summed E-state index contributed by atoms with van der Waals surface area (Å²) < 4.78 is 9.90. The Morgan fingerprint density at radius 1 is 1.21 bits per heavy atom. The molecule has 0 atom stereocenters. The van der Waals surface area contributed by atoms with Crippen molar-refractivity contribution in [3.8, 4) is 0 Å². The second-order valence-corrected chi connectivity index (χ2v) is 2.94. The van der Waals surface area contributed by atoms with Gasteiger partial charge < -0.3 is 9.47 Å². The lowest BCUT2D eigenvalue weighted by Crippen LogP contribution is -2.11. The van der Waals surface area contributed by atoms with Crippen molar-refractivity contribution in [3.63, 3.8) is 0 Å². The fourth-order valence-electron chi connectivity index (χ4n) is 0.725. The summed E-state index contributed by atoms with van der Waals surface area (Å²) in [5.74, 6) is -0.395. The summed E-state index contributed by atoms with van der Waals surface area (Å²) >= 11 is 0. The zero-order chi connectivity index (χ0) is 10.8. The first-order valence-corrected chi connectivity index (χ1v) is 4.67. The third kappa shape index (κ3) is 7.76. The highest BCUT2D eigenvalue weighted by Gasteiger charge is 2.01. The van der Waals surface area contributed by atoms with E-state index in [1.165, 1.54) is 0 Å². The summed E-state index contributed by atoms with van der Waals surface area (Å²) in [4.78, 5) is 10.9. The molecular weight excluding hydrogens is 184 g/mol. The lowest BCUT2D eigenvalue weighted by atomic mass is 10.3. The van der Waals surface area contributed by atoms with Crippen LogP contribution < -0.4 is 0 Å². The lowest BCUT2D eigenvalue weighted by molar-refractivity contribution is -0.140. The van der Waals surface area contributed by atoms with Crippen molar-refractivity contribution in [1.82, 2.24) is 0 Å². The van der Waals surface area contributed by atoms with Gasteiger partial charge in [-0.2, -0.15) is 0 Å². The fraction of sp³-hybridized carbons (Fsp3) is 0.700. The molecule has 4 nitrogen and oxygen atoms in total. The predicted octanol–water partition coefficient (Wildman–Crippen LogP) is 1.33. The predicted molar refractivity (Wildman–Crippen MR) is 51.4 cm³/mol. The lowest BCUT2D eigenvalue weighted by Gasteiger charge is -2.04. The van der Waals surface area contributed by atoms with Crippen molar-refractivity contribution < 1.29 is 19.4 Å². The second kappa shape index (κ2) is 8.72. The van der Waals surface area contributed by atoms with Gasteiger partial charge in [0.25, 0.3) is 0 Å². The molecule has 0 bridgehead atoms. The van der Waals surface area contributed by atoms with E-state index in [0.29, 0.717) is 25.2 Å². The Hall–Kier alpha value is -0.870. The van der Waals surface area contributed by atoms with E-state index in [-0.39, 0.29) is 13.2 Å². The Bertz CT molecular complexity index is 177. The van der Waals surface area contributed by atoms with Gasteiger partial charge in [-0.1, -0.05) is 6.58 Å². The molecule has 0 amide bonds. The van der Waals surface area contributed by atoms with Gasteiger partial charge in [0.2, 0.25) is 0 Å². The average molecular weight is 201 g/mol. The van der Waals surface area contributed by atoms with Crippen molar-refractivity contribution >= 4 is 5.97 Å². The molecule has 0 aromatic heterocycles. The molecule has 0 rings (SSSR count). The Morgan fingerprint density at radius 3 is 2.50 bits per heavy atom. The molecule has 14 heavy (non-hydrogen) atoms. The normalized spacial score (nSPS) is 9.86. The number of carbonyl (C=O) groups is 1. The number of ether oxygens (including phenoxy) is 2. The Kier molecular flexibility index (Phi) is 8.17. The zero-order valence-corrected chi connectivity index (χ0v) is 8.58. The van der Waals surface area contributed by atoms with Crippen LogP contribution >= 0.6 is 0 Å². The van der Waals surface area contributed by atoms with Crippen molar-refractivity contribution in [2.75, 3.05) is 26.4 Å². The molecule has 0 aromatic rings. The van der Waals surface area contributed by atoms with E-state index in [2.05, 4.69) is 6.58 Å². The van der Waals surface area contributed by atoms with E-state index in [1.807, 2.05) is 0 Å². The Morgan fingerprint density at radius 2 is 1.93 bits per heavy atom. The summed E-state index contributed by atoms with van der Waals surface area (Å²) in [6, 6.07) is 0. The highest BCUT2D eigenvalue weighted by Crippen LogP contribution is 1.92. The first kappa shape index (κ1) is 13.1. The molecule has 4 heteroatoms. The number of hydrogen-bond donors (Lipinski definition) is 0. The van der Waals surface area contributed by atoms with Crippen LogP contribution in [0.3, 0.4) is 0 Å². The summed E-state index contributed by atoms with van der Waals surface area (Å²) in [6.45, 7) is 6.14. The van der Waals surface area contributed by atoms with E-state index in [1.54, 1.807) is 6.92 Å². The van der Waals surface area contributed by atoms with Gasteiger partial charge in [0.05, 0.1) is 13.2 Å². The number of unbranched alkanes of at least 4 members (excludes halogenated alkanes) is 1. The maximum absolute atomic E-state index is 10.9. The van der Waals surface area contributed by atoms with Gasteiger partial charge in [0.15, 0.2) is 0 Å². The third-order valence-corrected chi connectivity index (χ3v) is 1.49. The van der Waals surface area contributed by atoms with Crippen molar-refractivity contribution in [3.05, 3.63) is 12.2 Å². The number of carbonyl (C=O) groups excluding carboxylic acids is 1. The standard InChI is InChI=1S/C10H17O4/c1-9(2)10(12)14-8-7-13-6-4-3-5-11/h1,3-8H2,2H3. The van der Waals surface area contributed by atoms with Crippen LogP contribution in [-0.2, 0) is 19.4 Å². The molecule has 0 N–H and O–H groups in total. The zero-order valence-electron chi connectivity index (χ0n) is 8.58. The van der Waals surface area contributed by atoms with E-state index in [4.69, 9.17) is 9.47 Å². The van der Waals surface area contributed by atoms with Crippen LogP contribution in [0.2, 0.25) is 0 Å². The van der Waals surface area contributed by atoms with Gasteiger partial charge in [-0.25, -0.2) is 9.90 Å². The molecule has 0 spiro atoms. The van der Waals surface area contributed by atoms with Gasteiger partial charge in [-0.05, 0) is 19.8 Å². The van der Waals surface area contributed by atoms with Crippen LogP contribution in [0.25, 0.3) is 0 Å². The second-order valence-electron chi connectivity index (χ2n) is 2.94. The molecule has 0 aliphatic rings. The molecule has 0 aliphatic heterocycles. The van der Waals surface area contributed by atoms with Crippen LogP contribution in [-0.4, -0.2) is 32.4 Å². The Balaban J connectivity index is 3.13. The Labute approximate surface area is 84.5 Å². The smallest absolute Gasteiger partial charge is 0.333 e. The van der Waals surface area contributed by atoms with Crippen molar-refractivity contribution in [1.29, 1.82) is 0 Å². The summed E-state index contributed by atoms with van der Waals surface area (Å²) in [6.07, 6.45) is 1.39. The van der Waals surface area contributed by atoms with Gasteiger partial charge >= 0.3 is 5.97 Å². The first-order valence-electron chi connectivity index (χ1n) is 4.67. The minimum atomic E-state index is -0.395. The number of hydrogen-bond acceptors (Lipinski definition) is 3. The molecular formula is C10H17O4. The quantitative estimate of drug-likeness (QED) is 0.338. The van der Waals surface area contributed by atoms with E-state index in [9.17, 15) is 9.90 Å². The van der Waals surface area contributed by atoms with Crippen LogP contribution in [0.15, 0.2) is 12.2 Å². The molecule has 81 valence electrons. The highest BCUT2D eigenvalue weighted by molar-refractivity contribution is 5.86. The highest BCUT2D eigenvalue weighted by atomic mass is 16.6.